The SMILES string of the molecule is CCc1ccccc1C(c1ccccc1CC)(c1ccccc1CC)n1ccnc1.Fc1c(Cn2ccnc2)ccc(-c2ccccc2)c1-c1ccccc1. The zero-order chi connectivity index (χ0) is 38.0. The van der Waals surface area contributed by atoms with Crippen molar-refractivity contribution in [1.29, 1.82) is 0 Å². The summed E-state index contributed by atoms with van der Waals surface area (Å²) in [5, 5.41) is 0. The maximum Gasteiger partial charge on any atom is 0.136 e. The van der Waals surface area contributed by atoms with Gasteiger partial charge in [-0.15, -0.1) is 0 Å². The van der Waals surface area contributed by atoms with Crippen LogP contribution in [0.15, 0.2) is 183 Å². The van der Waals surface area contributed by atoms with Crippen molar-refractivity contribution in [3.8, 4) is 22.3 Å². The van der Waals surface area contributed by atoms with Gasteiger partial charge in [0, 0.05) is 35.9 Å². The van der Waals surface area contributed by atoms with Crippen LogP contribution in [0, 0.1) is 5.82 Å². The van der Waals surface area contributed by atoms with Gasteiger partial charge in [0.25, 0.3) is 0 Å². The zero-order valence-electron chi connectivity index (χ0n) is 31.8. The number of hydrogen-bond acceptors (Lipinski definition) is 2. The van der Waals surface area contributed by atoms with Gasteiger partial charge in [-0.1, -0.05) is 166 Å². The number of aryl methyl sites for hydroxylation is 3. The second-order valence-corrected chi connectivity index (χ2v) is 13.6. The average Bonchev–Trinajstić information content (AvgIpc) is 3.99. The minimum absolute atomic E-state index is 0.179. The van der Waals surface area contributed by atoms with E-state index in [2.05, 4.69) is 114 Å². The van der Waals surface area contributed by atoms with Crippen LogP contribution in [0.3, 0.4) is 0 Å². The molecule has 2 heterocycles. The molecule has 0 aliphatic heterocycles. The molecule has 5 heteroatoms. The van der Waals surface area contributed by atoms with Gasteiger partial charge in [0.05, 0.1) is 19.2 Å². The number of nitrogens with zero attached hydrogens (tertiary/aromatic N) is 4. The Morgan fingerprint density at radius 1 is 0.491 bits per heavy atom. The number of rotatable bonds is 11. The number of aromatic nitrogens is 4. The molecule has 0 radical (unpaired) electrons. The number of halogens is 1. The molecule has 8 rings (SSSR count). The van der Waals surface area contributed by atoms with E-state index in [0.29, 0.717) is 17.7 Å². The van der Waals surface area contributed by atoms with Gasteiger partial charge in [-0.05, 0) is 69.3 Å². The summed E-state index contributed by atoms with van der Waals surface area (Å²) in [7, 11) is 0. The Labute approximate surface area is 324 Å². The Hall–Kier alpha value is -6.33. The summed E-state index contributed by atoms with van der Waals surface area (Å²) < 4.78 is 19.6. The van der Waals surface area contributed by atoms with E-state index in [1.54, 1.807) is 12.5 Å². The highest BCUT2D eigenvalue weighted by atomic mass is 19.1. The van der Waals surface area contributed by atoms with Crippen LogP contribution in [-0.4, -0.2) is 19.1 Å². The normalized spacial score (nSPS) is 11.2. The van der Waals surface area contributed by atoms with Gasteiger partial charge < -0.3 is 9.13 Å². The molecule has 8 aromatic rings. The van der Waals surface area contributed by atoms with Crippen molar-refractivity contribution in [2.45, 2.75) is 52.1 Å². The lowest BCUT2D eigenvalue weighted by atomic mass is 9.71. The minimum Gasteiger partial charge on any atom is -0.333 e. The first kappa shape index (κ1) is 37.0. The molecular formula is C50H47FN4. The van der Waals surface area contributed by atoms with E-state index in [1.165, 1.54) is 33.4 Å². The van der Waals surface area contributed by atoms with Crippen LogP contribution in [0.1, 0.15) is 59.7 Å². The first-order chi connectivity index (χ1) is 27.1. The summed E-state index contributed by atoms with van der Waals surface area (Å²) >= 11 is 0. The average molecular weight is 723 g/mol. The maximum absolute atomic E-state index is 15.5. The highest BCUT2D eigenvalue weighted by Crippen LogP contribution is 2.45. The Morgan fingerprint density at radius 3 is 1.44 bits per heavy atom. The third-order valence-corrected chi connectivity index (χ3v) is 10.5. The standard InChI is InChI=1S/C28H30N2.C22H17FN2/c1-4-22-13-7-10-16-25(22)28(30-20-19-29-21-30,26-17-11-8-14-23(26)5-2)27-18-12-9-15-24(27)6-3;23-22-19(15-25-14-13-24-16-25)11-12-20(17-7-3-1-4-8-17)21(22)18-9-5-2-6-10-18/h7-21H,4-6H2,1-3H3;1-14,16H,15H2. The molecular weight excluding hydrogens is 676 g/mol. The fourth-order valence-electron chi connectivity index (χ4n) is 7.92. The van der Waals surface area contributed by atoms with Crippen LogP contribution in [-0.2, 0) is 31.3 Å². The van der Waals surface area contributed by atoms with E-state index in [9.17, 15) is 0 Å². The van der Waals surface area contributed by atoms with Gasteiger partial charge in [-0.3, -0.25) is 0 Å². The van der Waals surface area contributed by atoms with Crippen LogP contribution >= 0.6 is 0 Å². The molecule has 0 amide bonds. The van der Waals surface area contributed by atoms with Crippen molar-refractivity contribution >= 4 is 0 Å². The number of benzene rings is 6. The molecule has 0 atom stereocenters. The van der Waals surface area contributed by atoms with Gasteiger partial charge in [0.2, 0.25) is 0 Å². The molecule has 0 aliphatic rings. The first-order valence-electron chi connectivity index (χ1n) is 19.2. The Morgan fingerprint density at radius 2 is 0.964 bits per heavy atom. The van der Waals surface area contributed by atoms with E-state index >= 15 is 4.39 Å². The van der Waals surface area contributed by atoms with E-state index in [1.807, 2.05) is 96.1 Å². The van der Waals surface area contributed by atoms with Crippen molar-refractivity contribution in [1.82, 2.24) is 19.1 Å². The topological polar surface area (TPSA) is 35.6 Å². The molecule has 0 aliphatic carbocycles. The van der Waals surface area contributed by atoms with E-state index in [4.69, 9.17) is 0 Å². The van der Waals surface area contributed by atoms with Crippen LogP contribution in [0.5, 0.6) is 0 Å². The molecule has 0 unspecified atom stereocenters. The van der Waals surface area contributed by atoms with Crippen molar-refractivity contribution in [3.05, 3.63) is 228 Å². The highest BCUT2D eigenvalue weighted by molar-refractivity contribution is 5.84. The predicted octanol–water partition coefficient (Wildman–Crippen LogP) is 11.8. The van der Waals surface area contributed by atoms with Gasteiger partial charge in [-0.2, -0.15) is 0 Å². The highest BCUT2D eigenvalue weighted by Gasteiger charge is 2.42. The summed E-state index contributed by atoms with van der Waals surface area (Å²) in [6, 6.07) is 50.2. The summed E-state index contributed by atoms with van der Waals surface area (Å²) in [6.45, 7) is 7.19. The van der Waals surface area contributed by atoms with Crippen molar-refractivity contribution in [2.75, 3.05) is 0 Å². The number of imidazole rings is 2. The van der Waals surface area contributed by atoms with E-state index in [-0.39, 0.29) is 5.82 Å². The van der Waals surface area contributed by atoms with Crippen molar-refractivity contribution in [3.63, 3.8) is 0 Å². The lowest BCUT2D eigenvalue weighted by Crippen LogP contribution is -2.39. The lowest BCUT2D eigenvalue weighted by Gasteiger charge is -2.41. The molecule has 6 aromatic carbocycles. The van der Waals surface area contributed by atoms with Crippen molar-refractivity contribution < 1.29 is 4.39 Å². The molecule has 0 saturated heterocycles. The van der Waals surface area contributed by atoms with Crippen LogP contribution in [0.2, 0.25) is 0 Å². The third kappa shape index (κ3) is 7.43. The first-order valence-corrected chi connectivity index (χ1v) is 19.2. The van der Waals surface area contributed by atoms with Crippen LogP contribution in [0.25, 0.3) is 22.3 Å². The zero-order valence-corrected chi connectivity index (χ0v) is 31.8. The van der Waals surface area contributed by atoms with E-state index < -0.39 is 5.54 Å². The van der Waals surface area contributed by atoms with E-state index in [0.717, 1.165) is 36.0 Å². The summed E-state index contributed by atoms with van der Waals surface area (Å²) in [4.78, 5) is 8.53. The largest absolute Gasteiger partial charge is 0.333 e. The maximum atomic E-state index is 15.5. The second kappa shape index (κ2) is 17.2. The quantitative estimate of drug-likeness (QED) is 0.125. The molecule has 0 spiro atoms. The monoisotopic (exact) mass is 722 g/mol. The summed E-state index contributed by atoms with van der Waals surface area (Å²) in [6.07, 6.45) is 14.2. The molecule has 0 saturated carbocycles. The fraction of sp³-hybridized carbons (Fsp3) is 0.160. The fourth-order valence-corrected chi connectivity index (χ4v) is 7.92. The Kier molecular flexibility index (Phi) is 11.6. The van der Waals surface area contributed by atoms with Gasteiger partial charge in [0.15, 0.2) is 0 Å². The Balaban J connectivity index is 0.000000172. The number of hydrogen-bond donors (Lipinski definition) is 0. The summed E-state index contributed by atoms with van der Waals surface area (Å²) in [5.41, 5.74) is 11.7. The Bertz CT molecular complexity index is 2300. The van der Waals surface area contributed by atoms with Crippen LogP contribution in [0.4, 0.5) is 4.39 Å². The second-order valence-electron chi connectivity index (χ2n) is 13.6. The summed E-state index contributed by atoms with van der Waals surface area (Å²) in [5.74, 6) is -0.179. The third-order valence-electron chi connectivity index (χ3n) is 10.5. The van der Waals surface area contributed by atoms with Crippen molar-refractivity contribution in [2.24, 2.45) is 0 Å². The molecule has 274 valence electrons. The molecule has 2 aromatic heterocycles. The predicted molar refractivity (Wildman–Crippen MR) is 224 cm³/mol. The van der Waals surface area contributed by atoms with Crippen LogP contribution < -0.4 is 0 Å². The smallest absolute Gasteiger partial charge is 0.136 e. The lowest BCUT2D eigenvalue weighted by molar-refractivity contribution is 0.501. The molecule has 0 fully saturated rings. The minimum atomic E-state index is -0.470. The molecule has 0 N–H and O–H groups in total. The molecule has 0 bridgehead atoms. The van der Waals surface area contributed by atoms with Gasteiger partial charge in [-0.25, -0.2) is 14.4 Å². The molecule has 4 nitrogen and oxygen atoms in total. The van der Waals surface area contributed by atoms with Gasteiger partial charge >= 0.3 is 0 Å². The van der Waals surface area contributed by atoms with Gasteiger partial charge in [0.1, 0.15) is 11.4 Å². The molecule has 55 heavy (non-hydrogen) atoms.